The predicted octanol–water partition coefficient (Wildman–Crippen LogP) is 4.19. The second kappa shape index (κ2) is 9.75. The van der Waals surface area contributed by atoms with Gasteiger partial charge >= 0.3 is 0 Å². The SMILES string of the molecule is CCCC(CCC)CC(=O)N1CCN(C(=O)c2cccc(C)c2C)CC1. The summed E-state index contributed by atoms with van der Waals surface area (Å²) in [4.78, 5) is 29.3. The quantitative estimate of drug-likeness (QED) is 0.733. The van der Waals surface area contributed by atoms with E-state index in [-0.39, 0.29) is 11.8 Å². The van der Waals surface area contributed by atoms with Crippen LogP contribution in [0.2, 0.25) is 0 Å². The van der Waals surface area contributed by atoms with Gasteiger partial charge in [-0.05, 0) is 37.0 Å². The highest BCUT2D eigenvalue weighted by molar-refractivity contribution is 5.96. The van der Waals surface area contributed by atoms with Gasteiger partial charge < -0.3 is 9.80 Å². The topological polar surface area (TPSA) is 40.6 Å². The molecule has 0 atom stereocenters. The van der Waals surface area contributed by atoms with Crippen LogP contribution in [0, 0.1) is 19.8 Å². The van der Waals surface area contributed by atoms with E-state index in [1.54, 1.807) is 0 Å². The number of amides is 2. The fourth-order valence-electron chi connectivity index (χ4n) is 3.85. The largest absolute Gasteiger partial charge is 0.339 e. The van der Waals surface area contributed by atoms with E-state index in [4.69, 9.17) is 0 Å². The zero-order chi connectivity index (χ0) is 19.1. The first-order chi connectivity index (χ1) is 12.5. The molecule has 1 saturated heterocycles. The molecule has 1 aliphatic rings. The van der Waals surface area contributed by atoms with Crippen LogP contribution in [0.15, 0.2) is 18.2 Å². The molecule has 0 aromatic heterocycles. The van der Waals surface area contributed by atoms with Crippen LogP contribution in [0.3, 0.4) is 0 Å². The summed E-state index contributed by atoms with van der Waals surface area (Å²) in [5.74, 6) is 0.857. The summed E-state index contributed by atoms with van der Waals surface area (Å²) < 4.78 is 0. The number of rotatable bonds is 7. The Morgan fingerprint density at radius 2 is 1.54 bits per heavy atom. The predicted molar refractivity (Wildman–Crippen MR) is 106 cm³/mol. The standard InChI is InChI=1S/C22H34N2O2/c1-5-8-19(9-6-2)16-21(25)23-12-14-24(15-13-23)22(26)20-11-7-10-17(3)18(20)4/h7,10-11,19H,5-6,8-9,12-16H2,1-4H3. The maximum absolute atomic E-state index is 12.8. The smallest absolute Gasteiger partial charge is 0.254 e. The van der Waals surface area contributed by atoms with Gasteiger partial charge in [-0.1, -0.05) is 51.7 Å². The van der Waals surface area contributed by atoms with Gasteiger partial charge in [0.1, 0.15) is 0 Å². The van der Waals surface area contributed by atoms with Gasteiger partial charge in [-0.2, -0.15) is 0 Å². The first-order valence-electron chi connectivity index (χ1n) is 10.1. The summed E-state index contributed by atoms with van der Waals surface area (Å²) in [6.07, 6.45) is 5.19. The lowest BCUT2D eigenvalue weighted by Crippen LogP contribution is -2.51. The van der Waals surface area contributed by atoms with Crippen molar-refractivity contribution in [2.75, 3.05) is 26.2 Å². The van der Waals surface area contributed by atoms with E-state index >= 15 is 0 Å². The second-order valence-electron chi connectivity index (χ2n) is 7.57. The van der Waals surface area contributed by atoms with Crippen LogP contribution >= 0.6 is 0 Å². The molecule has 4 nitrogen and oxygen atoms in total. The lowest BCUT2D eigenvalue weighted by Gasteiger charge is -2.35. The molecule has 2 amide bonds. The summed E-state index contributed by atoms with van der Waals surface area (Å²) >= 11 is 0. The molecular formula is C22H34N2O2. The molecule has 144 valence electrons. The van der Waals surface area contributed by atoms with Gasteiger partial charge in [0.15, 0.2) is 0 Å². The maximum atomic E-state index is 12.8. The second-order valence-corrected chi connectivity index (χ2v) is 7.57. The third-order valence-corrected chi connectivity index (χ3v) is 5.61. The molecule has 4 heteroatoms. The van der Waals surface area contributed by atoms with Crippen molar-refractivity contribution in [3.05, 3.63) is 34.9 Å². The average molecular weight is 359 g/mol. The van der Waals surface area contributed by atoms with E-state index in [1.807, 2.05) is 41.8 Å². The Hall–Kier alpha value is -1.84. The fraction of sp³-hybridized carbons (Fsp3) is 0.636. The number of hydrogen-bond acceptors (Lipinski definition) is 2. The number of aryl methyl sites for hydroxylation is 1. The van der Waals surface area contributed by atoms with Crippen molar-refractivity contribution in [3.63, 3.8) is 0 Å². The van der Waals surface area contributed by atoms with Gasteiger partial charge in [-0.25, -0.2) is 0 Å². The Kier molecular flexibility index (Phi) is 7.67. The van der Waals surface area contributed by atoms with Crippen molar-refractivity contribution >= 4 is 11.8 Å². The highest BCUT2D eigenvalue weighted by Crippen LogP contribution is 2.20. The minimum absolute atomic E-state index is 0.0909. The number of nitrogens with zero attached hydrogens (tertiary/aromatic N) is 2. The first-order valence-corrected chi connectivity index (χ1v) is 10.1. The zero-order valence-electron chi connectivity index (χ0n) is 16.9. The van der Waals surface area contributed by atoms with Crippen molar-refractivity contribution in [2.24, 2.45) is 5.92 Å². The third-order valence-electron chi connectivity index (χ3n) is 5.61. The van der Waals surface area contributed by atoms with Crippen LogP contribution < -0.4 is 0 Å². The third kappa shape index (κ3) is 5.09. The molecule has 0 radical (unpaired) electrons. The van der Waals surface area contributed by atoms with Crippen LogP contribution in [-0.2, 0) is 4.79 Å². The van der Waals surface area contributed by atoms with Gasteiger partial charge in [0.2, 0.25) is 5.91 Å². The Morgan fingerprint density at radius 1 is 0.962 bits per heavy atom. The van der Waals surface area contributed by atoms with Crippen LogP contribution in [0.1, 0.15) is 67.4 Å². The normalized spacial score (nSPS) is 14.8. The molecule has 0 bridgehead atoms. The molecular weight excluding hydrogens is 324 g/mol. The van der Waals surface area contributed by atoms with Gasteiger partial charge in [0.25, 0.3) is 5.91 Å². The molecule has 0 saturated carbocycles. The molecule has 1 aliphatic heterocycles. The highest BCUT2D eigenvalue weighted by atomic mass is 16.2. The van der Waals surface area contributed by atoms with Crippen molar-refractivity contribution in [1.29, 1.82) is 0 Å². The van der Waals surface area contributed by atoms with E-state index in [9.17, 15) is 9.59 Å². The van der Waals surface area contributed by atoms with E-state index in [1.165, 1.54) is 0 Å². The highest BCUT2D eigenvalue weighted by Gasteiger charge is 2.26. The van der Waals surface area contributed by atoms with Crippen molar-refractivity contribution < 1.29 is 9.59 Å². The lowest BCUT2D eigenvalue weighted by molar-refractivity contribution is -0.133. The van der Waals surface area contributed by atoms with Crippen LogP contribution in [-0.4, -0.2) is 47.8 Å². The minimum Gasteiger partial charge on any atom is -0.339 e. The molecule has 0 unspecified atom stereocenters. The summed E-state index contributed by atoms with van der Waals surface area (Å²) in [6.45, 7) is 11.0. The molecule has 26 heavy (non-hydrogen) atoms. The first kappa shape index (κ1) is 20.5. The molecule has 1 aromatic carbocycles. The van der Waals surface area contributed by atoms with Crippen molar-refractivity contribution in [1.82, 2.24) is 9.80 Å². The molecule has 2 rings (SSSR count). The van der Waals surface area contributed by atoms with Crippen molar-refractivity contribution in [2.45, 2.75) is 59.8 Å². The average Bonchev–Trinajstić information content (AvgIpc) is 2.64. The van der Waals surface area contributed by atoms with Crippen LogP contribution in [0.5, 0.6) is 0 Å². The monoisotopic (exact) mass is 358 g/mol. The summed E-state index contributed by atoms with van der Waals surface area (Å²) in [5, 5.41) is 0. The Balaban J connectivity index is 1.91. The summed E-state index contributed by atoms with van der Waals surface area (Å²) in [6, 6.07) is 5.88. The van der Waals surface area contributed by atoms with Crippen LogP contribution in [0.4, 0.5) is 0 Å². The molecule has 1 aromatic rings. The van der Waals surface area contributed by atoms with Gasteiger partial charge in [-0.3, -0.25) is 9.59 Å². The number of piperazine rings is 1. The van der Waals surface area contributed by atoms with Gasteiger partial charge in [0.05, 0.1) is 0 Å². The van der Waals surface area contributed by atoms with E-state index in [0.29, 0.717) is 38.5 Å². The Bertz CT molecular complexity index is 613. The Morgan fingerprint density at radius 3 is 2.12 bits per heavy atom. The number of carbonyl (C=O) groups is 2. The molecule has 0 spiro atoms. The lowest BCUT2D eigenvalue weighted by atomic mass is 9.94. The molecule has 0 N–H and O–H groups in total. The maximum Gasteiger partial charge on any atom is 0.254 e. The summed E-state index contributed by atoms with van der Waals surface area (Å²) in [5.41, 5.74) is 2.98. The summed E-state index contributed by atoms with van der Waals surface area (Å²) in [7, 11) is 0. The van der Waals surface area contributed by atoms with Gasteiger partial charge in [-0.15, -0.1) is 0 Å². The van der Waals surface area contributed by atoms with Gasteiger partial charge in [0, 0.05) is 38.2 Å². The Labute approximate surface area is 158 Å². The minimum atomic E-state index is 0.0909. The van der Waals surface area contributed by atoms with E-state index in [0.717, 1.165) is 42.4 Å². The van der Waals surface area contributed by atoms with E-state index < -0.39 is 0 Å². The van der Waals surface area contributed by atoms with Crippen molar-refractivity contribution in [3.8, 4) is 0 Å². The molecule has 0 aliphatic carbocycles. The number of hydrogen-bond donors (Lipinski definition) is 0. The van der Waals surface area contributed by atoms with E-state index in [2.05, 4.69) is 13.8 Å². The fourth-order valence-corrected chi connectivity index (χ4v) is 3.85. The number of benzene rings is 1. The van der Waals surface area contributed by atoms with Crippen LogP contribution in [0.25, 0.3) is 0 Å². The molecule has 1 fully saturated rings. The molecule has 1 heterocycles. The number of carbonyl (C=O) groups excluding carboxylic acids is 2. The zero-order valence-corrected chi connectivity index (χ0v) is 16.9.